The van der Waals surface area contributed by atoms with Gasteiger partial charge in [-0.3, -0.25) is 0 Å². The summed E-state index contributed by atoms with van der Waals surface area (Å²) in [6, 6.07) is 6.59. The maximum absolute atomic E-state index is 5.90. The van der Waals surface area contributed by atoms with Gasteiger partial charge in [-0.15, -0.1) is 0 Å². The minimum atomic E-state index is -0.0101. The minimum absolute atomic E-state index is 0.0101. The summed E-state index contributed by atoms with van der Waals surface area (Å²) in [4.78, 5) is 6.88. The van der Waals surface area contributed by atoms with Gasteiger partial charge in [0.1, 0.15) is 19.4 Å². The Kier molecular flexibility index (Phi) is 4.61. The summed E-state index contributed by atoms with van der Waals surface area (Å²) in [5.74, 6) is 8.00. The molecule has 2 fully saturated rings. The van der Waals surface area contributed by atoms with E-state index in [9.17, 15) is 0 Å². The third-order valence-electron chi connectivity index (χ3n) is 5.33. The summed E-state index contributed by atoms with van der Waals surface area (Å²) in [5.41, 5.74) is 4.96. The second kappa shape index (κ2) is 7.38. The minimum Gasteiger partial charge on any atom is -0.475 e. The molecule has 5 heteroatoms. The average molecular weight is 364 g/mol. The van der Waals surface area contributed by atoms with Crippen LogP contribution in [0.15, 0.2) is 29.3 Å². The van der Waals surface area contributed by atoms with Gasteiger partial charge in [-0.05, 0) is 37.0 Å². The highest BCUT2D eigenvalue weighted by atomic mass is 16.6. The highest BCUT2D eigenvalue weighted by Gasteiger charge is 2.25. The molecule has 1 aromatic carbocycles. The number of benzene rings is 1. The molecule has 1 aliphatic carbocycles. The molecule has 1 aromatic rings. The van der Waals surface area contributed by atoms with Crippen molar-refractivity contribution in [3.63, 3.8) is 0 Å². The fourth-order valence-corrected chi connectivity index (χ4v) is 3.62. The first-order valence-corrected chi connectivity index (χ1v) is 9.83. The van der Waals surface area contributed by atoms with E-state index in [0.29, 0.717) is 44.9 Å². The van der Waals surface area contributed by atoms with Crippen LogP contribution in [0.2, 0.25) is 0 Å². The van der Waals surface area contributed by atoms with Crippen molar-refractivity contribution >= 4 is 11.6 Å². The predicted octanol–water partition coefficient (Wildman–Crippen LogP) is 2.45. The van der Waals surface area contributed by atoms with Gasteiger partial charge in [0.05, 0.1) is 25.5 Å². The lowest BCUT2D eigenvalue weighted by molar-refractivity contribution is -0.103. The van der Waals surface area contributed by atoms with Crippen LogP contribution in [0.5, 0.6) is 0 Å². The molecule has 1 saturated carbocycles. The molecule has 4 aliphatic rings. The van der Waals surface area contributed by atoms with E-state index < -0.39 is 0 Å². The Hall–Kier alpha value is -2.29. The van der Waals surface area contributed by atoms with E-state index in [4.69, 9.17) is 14.2 Å². The zero-order valence-electron chi connectivity index (χ0n) is 15.4. The van der Waals surface area contributed by atoms with Crippen LogP contribution >= 0.6 is 0 Å². The number of fused-ring (bicyclic) bond motifs is 3. The summed E-state index contributed by atoms with van der Waals surface area (Å²) < 4.78 is 17.0. The zero-order valence-corrected chi connectivity index (χ0v) is 15.4. The van der Waals surface area contributed by atoms with Crippen molar-refractivity contribution in [1.29, 1.82) is 0 Å². The van der Waals surface area contributed by atoms with Crippen molar-refractivity contribution in [2.45, 2.75) is 25.4 Å². The van der Waals surface area contributed by atoms with E-state index in [1.165, 1.54) is 29.7 Å². The third-order valence-corrected chi connectivity index (χ3v) is 5.33. The van der Waals surface area contributed by atoms with Gasteiger partial charge in [-0.1, -0.05) is 17.9 Å². The molecule has 0 aromatic heterocycles. The van der Waals surface area contributed by atoms with Crippen LogP contribution in [0.1, 0.15) is 29.5 Å². The van der Waals surface area contributed by atoms with E-state index in [-0.39, 0.29) is 6.10 Å². The second-order valence-electron chi connectivity index (χ2n) is 7.48. The van der Waals surface area contributed by atoms with Gasteiger partial charge in [0, 0.05) is 29.7 Å². The number of nitrogens with zero attached hydrogens (tertiary/aromatic N) is 2. The van der Waals surface area contributed by atoms with Crippen molar-refractivity contribution in [2.75, 3.05) is 39.6 Å². The van der Waals surface area contributed by atoms with Crippen LogP contribution in [-0.4, -0.2) is 56.5 Å². The first-order chi connectivity index (χ1) is 13.3. The summed E-state index contributed by atoms with van der Waals surface area (Å²) in [6.45, 7) is 3.99. The number of hydrogen-bond donors (Lipinski definition) is 0. The van der Waals surface area contributed by atoms with Crippen molar-refractivity contribution in [3.05, 3.63) is 41.0 Å². The van der Waals surface area contributed by atoms with Crippen molar-refractivity contribution in [3.8, 4) is 11.8 Å². The number of ether oxygens (including phenoxy) is 3. The molecule has 0 bridgehead atoms. The molecule has 0 spiro atoms. The van der Waals surface area contributed by atoms with Crippen LogP contribution in [-0.2, 0) is 20.6 Å². The van der Waals surface area contributed by atoms with E-state index in [2.05, 4.69) is 46.0 Å². The molecule has 0 amide bonds. The number of rotatable bonds is 2. The van der Waals surface area contributed by atoms with Gasteiger partial charge in [-0.2, -0.15) is 0 Å². The molecule has 1 saturated heterocycles. The van der Waals surface area contributed by atoms with Crippen LogP contribution < -0.4 is 0 Å². The summed E-state index contributed by atoms with van der Waals surface area (Å²) >= 11 is 0. The van der Waals surface area contributed by atoms with Crippen molar-refractivity contribution in [2.24, 2.45) is 10.9 Å². The first-order valence-electron chi connectivity index (χ1n) is 9.83. The molecule has 0 N–H and O–H groups in total. The summed E-state index contributed by atoms with van der Waals surface area (Å²) in [6.07, 6.45) is 5.61. The van der Waals surface area contributed by atoms with E-state index >= 15 is 0 Å². The van der Waals surface area contributed by atoms with Gasteiger partial charge >= 0.3 is 0 Å². The second-order valence-corrected chi connectivity index (χ2v) is 7.48. The smallest absolute Gasteiger partial charge is 0.212 e. The Labute approximate surface area is 160 Å². The SMILES string of the molecule is C(#CC1CC1)c1ccc2c(c1)CCN1CN=C(OCC3COCCO3)C=C21. The monoisotopic (exact) mass is 364 g/mol. The lowest BCUT2D eigenvalue weighted by Gasteiger charge is -2.34. The quantitative estimate of drug-likeness (QED) is 0.756. The molecule has 5 nitrogen and oxygen atoms in total. The third kappa shape index (κ3) is 3.87. The average Bonchev–Trinajstić information content (AvgIpc) is 3.55. The Morgan fingerprint density at radius 3 is 3.07 bits per heavy atom. The van der Waals surface area contributed by atoms with Gasteiger partial charge in [0.25, 0.3) is 0 Å². The molecular weight excluding hydrogens is 340 g/mol. The normalized spacial score (nSPS) is 24.0. The van der Waals surface area contributed by atoms with Gasteiger partial charge in [-0.25, -0.2) is 4.99 Å². The van der Waals surface area contributed by atoms with E-state index in [0.717, 1.165) is 18.5 Å². The lowest BCUT2D eigenvalue weighted by atomic mass is 9.94. The van der Waals surface area contributed by atoms with Crippen LogP contribution in [0.3, 0.4) is 0 Å². The first kappa shape index (κ1) is 16.9. The summed E-state index contributed by atoms with van der Waals surface area (Å²) in [7, 11) is 0. The van der Waals surface area contributed by atoms with Crippen molar-refractivity contribution < 1.29 is 14.2 Å². The molecule has 0 radical (unpaired) electrons. The zero-order chi connectivity index (χ0) is 18.1. The highest BCUT2D eigenvalue weighted by Crippen LogP contribution is 2.32. The van der Waals surface area contributed by atoms with Gasteiger partial charge < -0.3 is 19.1 Å². The molecule has 1 unspecified atom stereocenters. The largest absolute Gasteiger partial charge is 0.475 e. The molecule has 3 aliphatic heterocycles. The number of aliphatic imine (C=N–C) groups is 1. The number of hydrogen-bond acceptors (Lipinski definition) is 5. The maximum atomic E-state index is 5.90. The Bertz CT molecular complexity index is 839. The van der Waals surface area contributed by atoms with Crippen LogP contribution in [0.4, 0.5) is 0 Å². The standard InChI is InChI=1S/C22H24N2O3/c1-2-16(1)3-4-17-5-6-20-18(11-17)7-8-24-15-23-22(12-21(20)24)27-14-19-13-25-9-10-26-19/h5-6,11-12,16,19H,1-2,7-10,13-15H2. The van der Waals surface area contributed by atoms with Crippen LogP contribution in [0.25, 0.3) is 5.70 Å². The Morgan fingerprint density at radius 2 is 2.22 bits per heavy atom. The van der Waals surface area contributed by atoms with Gasteiger partial charge in [0.15, 0.2) is 0 Å². The molecule has 3 heterocycles. The van der Waals surface area contributed by atoms with Crippen molar-refractivity contribution in [1.82, 2.24) is 4.90 Å². The Morgan fingerprint density at radius 1 is 1.26 bits per heavy atom. The topological polar surface area (TPSA) is 43.3 Å². The Balaban J connectivity index is 1.31. The molecular formula is C22H24N2O3. The fourth-order valence-electron chi connectivity index (χ4n) is 3.62. The predicted molar refractivity (Wildman–Crippen MR) is 103 cm³/mol. The molecule has 140 valence electrons. The fraction of sp³-hybridized carbons (Fsp3) is 0.500. The summed E-state index contributed by atoms with van der Waals surface area (Å²) in [5, 5.41) is 0. The van der Waals surface area contributed by atoms with Gasteiger partial charge in [0.2, 0.25) is 5.90 Å². The molecule has 27 heavy (non-hydrogen) atoms. The maximum Gasteiger partial charge on any atom is 0.212 e. The molecule has 1 atom stereocenters. The molecule has 5 rings (SSSR count). The van der Waals surface area contributed by atoms with E-state index in [1.807, 2.05) is 0 Å². The van der Waals surface area contributed by atoms with E-state index in [1.54, 1.807) is 0 Å². The van der Waals surface area contributed by atoms with Crippen LogP contribution in [0, 0.1) is 17.8 Å². The lowest BCUT2D eigenvalue weighted by Crippen LogP contribution is -2.35. The highest BCUT2D eigenvalue weighted by molar-refractivity contribution is 5.96.